The molecular formula is C15H20BrNO. The molecule has 0 saturated carbocycles. The van der Waals surface area contributed by atoms with Crippen LogP contribution < -0.4 is 5.32 Å². The fourth-order valence-electron chi connectivity index (χ4n) is 2.25. The molecule has 1 aliphatic heterocycles. The van der Waals surface area contributed by atoms with Crippen molar-refractivity contribution in [3.63, 3.8) is 0 Å². The average molecular weight is 310 g/mol. The second-order valence-electron chi connectivity index (χ2n) is 5.18. The Morgan fingerprint density at radius 2 is 2.17 bits per heavy atom. The number of carbonyl (C=O) groups excluding carboxylic acids is 1. The lowest BCUT2D eigenvalue weighted by Gasteiger charge is -2.20. The van der Waals surface area contributed by atoms with Crippen LogP contribution in [-0.2, 0) is 11.2 Å². The Balaban J connectivity index is 2.13. The van der Waals surface area contributed by atoms with Crippen LogP contribution in [0.3, 0.4) is 0 Å². The van der Waals surface area contributed by atoms with Crippen molar-refractivity contribution in [2.45, 2.75) is 44.4 Å². The first-order valence-electron chi connectivity index (χ1n) is 6.67. The van der Waals surface area contributed by atoms with Gasteiger partial charge in [0.05, 0.1) is 0 Å². The molecule has 1 amide bonds. The van der Waals surface area contributed by atoms with E-state index < -0.39 is 0 Å². The minimum absolute atomic E-state index is 0.130. The molecule has 1 N–H and O–H groups in total. The SMILES string of the molecule is CCC(C)CC(Br)c1ccc2c(c1)CCC(=O)N2. The smallest absolute Gasteiger partial charge is 0.224 e. The van der Waals surface area contributed by atoms with Gasteiger partial charge in [0.1, 0.15) is 0 Å². The summed E-state index contributed by atoms with van der Waals surface area (Å²) in [5.41, 5.74) is 3.57. The summed E-state index contributed by atoms with van der Waals surface area (Å²) in [5, 5.41) is 2.92. The maximum atomic E-state index is 11.3. The number of amides is 1. The molecule has 1 aromatic rings. The number of anilines is 1. The van der Waals surface area contributed by atoms with Gasteiger partial charge in [-0.2, -0.15) is 0 Å². The zero-order valence-corrected chi connectivity index (χ0v) is 12.6. The highest BCUT2D eigenvalue weighted by Crippen LogP contribution is 2.34. The highest BCUT2D eigenvalue weighted by molar-refractivity contribution is 9.09. The van der Waals surface area contributed by atoms with Gasteiger partial charge in [-0.3, -0.25) is 4.79 Å². The van der Waals surface area contributed by atoms with Gasteiger partial charge in [0.2, 0.25) is 5.91 Å². The van der Waals surface area contributed by atoms with E-state index in [0.29, 0.717) is 11.2 Å². The van der Waals surface area contributed by atoms with Crippen molar-refractivity contribution >= 4 is 27.5 Å². The normalized spacial score (nSPS) is 17.8. The lowest BCUT2D eigenvalue weighted by molar-refractivity contribution is -0.116. The maximum Gasteiger partial charge on any atom is 0.224 e. The molecule has 0 bridgehead atoms. The molecule has 2 unspecified atom stereocenters. The van der Waals surface area contributed by atoms with Gasteiger partial charge in [-0.25, -0.2) is 0 Å². The van der Waals surface area contributed by atoms with Crippen molar-refractivity contribution < 1.29 is 4.79 Å². The fourth-order valence-corrected chi connectivity index (χ4v) is 3.18. The van der Waals surface area contributed by atoms with E-state index in [2.05, 4.69) is 47.2 Å². The topological polar surface area (TPSA) is 29.1 Å². The molecule has 1 aliphatic rings. The molecule has 2 nitrogen and oxygen atoms in total. The Bertz CT molecular complexity index is 444. The number of rotatable bonds is 4. The molecule has 0 saturated heterocycles. The minimum Gasteiger partial charge on any atom is -0.326 e. The first-order valence-corrected chi connectivity index (χ1v) is 7.58. The number of halogens is 1. The van der Waals surface area contributed by atoms with E-state index in [9.17, 15) is 4.79 Å². The predicted molar refractivity (Wildman–Crippen MR) is 79.1 cm³/mol. The zero-order chi connectivity index (χ0) is 13.1. The summed E-state index contributed by atoms with van der Waals surface area (Å²) in [4.78, 5) is 11.7. The second-order valence-corrected chi connectivity index (χ2v) is 6.29. The maximum absolute atomic E-state index is 11.3. The van der Waals surface area contributed by atoms with Gasteiger partial charge in [-0.15, -0.1) is 0 Å². The van der Waals surface area contributed by atoms with Crippen LogP contribution in [0.1, 0.15) is 49.1 Å². The van der Waals surface area contributed by atoms with Gasteiger partial charge in [0.25, 0.3) is 0 Å². The standard InChI is InChI=1S/C15H20BrNO/c1-3-10(2)8-13(16)11-4-6-14-12(9-11)5-7-15(18)17-14/h4,6,9-10,13H,3,5,7-8H2,1-2H3,(H,17,18). The van der Waals surface area contributed by atoms with Crippen LogP contribution in [0.2, 0.25) is 0 Å². The van der Waals surface area contributed by atoms with E-state index in [1.807, 2.05) is 6.07 Å². The van der Waals surface area contributed by atoms with Crippen molar-refractivity contribution in [2.24, 2.45) is 5.92 Å². The summed E-state index contributed by atoms with van der Waals surface area (Å²) in [5.74, 6) is 0.857. The third kappa shape index (κ3) is 3.14. The molecule has 0 aromatic heterocycles. The van der Waals surface area contributed by atoms with Gasteiger partial charge in [-0.1, -0.05) is 48.3 Å². The van der Waals surface area contributed by atoms with Crippen molar-refractivity contribution in [3.05, 3.63) is 29.3 Å². The number of hydrogen-bond donors (Lipinski definition) is 1. The molecule has 2 rings (SSSR count). The predicted octanol–water partition coefficient (Wildman–Crippen LogP) is 4.44. The summed E-state index contributed by atoms with van der Waals surface area (Å²) in [7, 11) is 0. The van der Waals surface area contributed by atoms with Crippen LogP contribution in [0.5, 0.6) is 0 Å². The first-order chi connectivity index (χ1) is 8.60. The van der Waals surface area contributed by atoms with Crippen molar-refractivity contribution in [2.75, 3.05) is 5.32 Å². The lowest BCUT2D eigenvalue weighted by Crippen LogP contribution is -2.19. The fraction of sp³-hybridized carbons (Fsp3) is 0.533. The number of alkyl halides is 1. The number of fused-ring (bicyclic) bond motifs is 1. The highest BCUT2D eigenvalue weighted by Gasteiger charge is 2.17. The Hall–Kier alpha value is -0.830. The van der Waals surface area contributed by atoms with Gasteiger partial charge >= 0.3 is 0 Å². The third-order valence-electron chi connectivity index (χ3n) is 3.69. The largest absolute Gasteiger partial charge is 0.326 e. The van der Waals surface area contributed by atoms with Crippen LogP contribution in [0.4, 0.5) is 5.69 Å². The molecule has 0 fully saturated rings. The highest BCUT2D eigenvalue weighted by atomic mass is 79.9. The van der Waals surface area contributed by atoms with E-state index in [1.165, 1.54) is 17.5 Å². The van der Waals surface area contributed by atoms with E-state index >= 15 is 0 Å². The van der Waals surface area contributed by atoms with Crippen LogP contribution in [0.25, 0.3) is 0 Å². The van der Waals surface area contributed by atoms with Gasteiger partial charge in [0, 0.05) is 16.9 Å². The molecule has 0 spiro atoms. The Kier molecular flexibility index (Phi) is 4.44. The summed E-state index contributed by atoms with van der Waals surface area (Å²) in [6.07, 6.45) is 3.83. The van der Waals surface area contributed by atoms with Gasteiger partial charge in [-0.05, 0) is 36.0 Å². The van der Waals surface area contributed by atoms with Crippen LogP contribution in [-0.4, -0.2) is 5.91 Å². The number of aryl methyl sites for hydroxylation is 1. The molecule has 2 atom stereocenters. The van der Waals surface area contributed by atoms with Gasteiger partial charge in [0.15, 0.2) is 0 Å². The summed E-state index contributed by atoms with van der Waals surface area (Å²) < 4.78 is 0. The quantitative estimate of drug-likeness (QED) is 0.818. The summed E-state index contributed by atoms with van der Waals surface area (Å²) in [6, 6.07) is 6.38. The monoisotopic (exact) mass is 309 g/mol. The molecule has 3 heteroatoms. The van der Waals surface area contributed by atoms with E-state index in [4.69, 9.17) is 0 Å². The third-order valence-corrected chi connectivity index (χ3v) is 4.60. The zero-order valence-electron chi connectivity index (χ0n) is 11.0. The number of hydrogen-bond acceptors (Lipinski definition) is 1. The molecule has 0 aliphatic carbocycles. The minimum atomic E-state index is 0.130. The lowest BCUT2D eigenvalue weighted by atomic mass is 9.95. The summed E-state index contributed by atoms with van der Waals surface area (Å²) >= 11 is 3.78. The van der Waals surface area contributed by atoms with Crippen molar-refractivity contribution in [3.8, 4) is 0 Å². The molecule has 1 heterocycles. The summed E-state index contributed by atoms with van der Waals surface area (Å²) in [6.45, 7) is 4.51. The van der Waals surface area contributed by atoms with E-state index in [0.717, 1.165) is 24.4 Å². The first kappa shape index (κ1) is 13.6. The number of benzene rings is 1. The van der Waals surface area contributed by atoms with Crippen LogP contribution in [0.15, 0.2) is 18.2 Å². The Labute approximate surface area is 117 Å². The molecule has 0 radical (unpaired) electrons. The molecule has 98 valence electrons. The van der Waals surface area contributed by atoms with E-state index in [-0.39, 0.29) is 5.91 Å². The average Bonchev–Trinajstić information content (AvgIpc) is 2.37. The van der Waals surface area contributed by atoms with Crippen LogP contribution >= 0.6 is 15.9 Å². The number of nitrogens with one attached hydrogen (secondary N) is 1. The Morgan fingerprint density at radius 3 is 2.89 bits per heavy atom. The van der Waals surface area contributed by atoms with Gasteiger partial charge < -0.3 is 5.32 Å². The number of carbonyl (C=O) groups is 1. The molecule has 1 aromatic carbocycles. The second kappa shape index (κ2) is 5.87. The molecular weight excluding hydrogens is 290 g/mol. The van der Waals surface area contributed by atoms with Crippen molar-refractivity contribution in [1.29, 1.82) is 0 Å². The van der Waals surface area contributed by atoms with Crippen molar-refractivity contribution in [1.82, 2.24) is 0 Å². The Morgan fingerprint density at radius 1 is 1.39 bits per heavy atom. The van der Waals surface area contributed by atoms with Crippen LogP contribution in [0, 0.1) is 5.92 Å². The molecule has 18 heavy (non-hydrogen) atoms. The van der Waals surface area contributed by atoms with E-state index in [1.54, 1.807) is 0 Å².